The molecule has 0 atom stereocenters. The molecule has 3 aromatic rings. The third kappa shape index (κ3) is 1.75. The molecule has 0 unspecified atom stereocenters. The Morgan fingerprint density at radius 1 is 0.652 bits per heavy atom. The lowest BCUT2D eigenvalue weighted by Gasteiger charge is -1.99. The van der Waals surface area contributed by atoms with Gasteiger partial charge in [0.05, 0.1) is 21.5 Å². The molecule has 0 aliphatic rings. The van der Waals surface area contributed by atoms with Gasteiger partial charge >= 0.3 is 5.97 Å². The van der Waals surface area contributed by atoms with Crippen LogP contribution < -0.4 is 32.6 Å². The lowest BCUT2D eigenvalue weighted by atomic mass is 9.99. The molecule has 3 aromatic carbocycles. The highest BCUT2D eigenvalue weighted by Crippen LogP contribution is 2.03. The number of carboxylic acid groups (broad SMARTS) is 1. The van der Waals surface area contributed by atoms with Crippen molar-refractivity contribution in [3.8, 4) is 0 Å². The minimum absolute atomic E-state index is 0.422. The zero-order valence-corrected chi connectivity index (χ0v) is 11.0. The lowest BCUT2D eigenvalue weighted by molar-refractivity contribution is 0.0695. The minimum atomic E-state index is -1.75. The molecule has 0 spiro atoms. The predicted molar refractivity (Wildman–Crippen MR) is 79.6 cm³/mol. The first kappa shape index (κ1) is 14.4. The molecule has 0 aliphatic carbocycles. The molecular weight excluding hydrogens is 308 g/mol. The normalized spacial score (nSPS) is 11.1. The van der Waals surface area contributed by atoms with Crippen molar-refractivity contribution in [3.63, 3.8) is 0 Å². The summed E-state index contributed by atoms with van der Waals surface area (Å²) in [5.74, 6) is -1.75. The van der Waals surface area contributed by atoms with Crippen LogP contribution in [-0.2, 0) is 0 Å². The second-order valence-corrected chi connectivity index (χ2v) is 4.78. The SMILES string of the molecule is O=C(O)c1cc(=O)c2c(=O)c3c(=O)ccc(=O)c3c(=O)c2c1=O. The van der Waals surface area contributed by atoms with Gasteiger partial charge in [-0.15, -0.1) is 0 Å². The number of hydrogen-bond donors (Lipinski definition) is 1. The first-order valence-electron chi connectivity index (χ1n) is 6.14. The maximum atomic E-state index is 12.4. The molecule has 8 heteroatoms. The quantitative estimate of drug-likeness (QED) is 0.517. The summed E-state index contributed by atoms with van der Waals surface area (Å²) in [6, 6.07) is 1.97. The van der Waals surface area contributed by atoms with Crippen LogP contribution in [-0.4, -0.2) is 11.1 Å². The van der Waals surface area contributed by atoms with Crippen LogP contribution in [0.1, 0.15) is 10.4 Å². The average molecular weight is 312 g/mol. The van der Waals surface area contributed by atoms with Gasteiger partial charge in [-0.3, -0.25) is 28.8 Å². The Balaban J connectivity index is 2.93. The summed E-state index contributed by atoms with van der Waals surface area (Å²) in [7, 11) is 0. The van der Waals surface area contributed by atoms with Gasteiger partial charge < -0.3 is 5.11 Å². The Bertz CT molecular complexity index is 1340. The van der Waals surface area contributed by atoms with E-state index in [0.717, 1.165) is 12.1 Å². The molecule has 0 radical (unpaired) electrons. The highest BCUT2D eigenvalue weighted by atomic mass is 16.4. The summed E-state index contributed by atoms with van der Waals surface area (Å²) >= 11 is 0. The Morgan fingerprint density at radius 3 is 1.57 bits per heavy atom. The van der Waals surface area contributed by atoms with Crippen LogP contribution in [0.4, 0.5) is 0 Å². The van der Waals surface area contributed by atoms with Crippen molar-refractivity contribution in [1.29, 1.82) is 0 Å². The highest BCUT2D eigenvalue weighted by Gasteiger charge is 2.23. The first-order chi connectivity index (χ1) is 10.8. The van der Waals surface area contributed by atoms with E-state index in [4.69, 9.17) is 5.11 Å². The Morgan fingerprint density at radius 2 is 1.09 bits per heavy atom. The van der Waals surface area contributed by atoms with Crippen molar-refractivity contribution in [1.82, 2.24) is 0 Å². The summed E-state index contributed by atoms with van der Waals surface area (Å²) in [4.78, 5) is 83.2. The molecule has 0 saturated carbocycles. The number of hydrogen-bond acceptors (Lipinski definition) is 7. The van der Waals surface area contributed by atoms with Crippen molar-refractivity contribution in [2.75, 3.05) is 0 Å². The van der Waals surface area contributed by atoms with E-state index in [-0.39, 0.29) is 0 Å². The fraction of sp³-hybridized carbons (Fsp3) is 0. The first-order valence-corrected chi connectivity index (χ1v) is 6.14. The zero-order valence-electron chi connectivity index (χ0n) is 11.0. The smallest absolute Gasteiger partial charge is 0.339 e. The number of aromatic carboxylic acids is 1. The number of rotatable bonds is 1. The van der Waals surface area contributed by atoms with Gasteiger partial charge in [0.25, 0.3) is 0 Å². The predicted octanol–water partition coefficient (Wildman–Crippen LogP) is -1.83. The van der Waals surface area contributed by atoms with E-state index in [1.807, 2.05) is 0 Å². The third-order valence-electron chi connectivity index (χ3n) is 3.51. The third-order valence-corrected chi connectivity index (χ3v) is 3.51. The summed E-state index contributed by atoms with van der Waals surface area (Å²) in [6.07, 6.45) is 0. The largest absolute Gasteiger partial charge is 0.478 e. The van der Waals surface area contributed by atoms with E-state index in [1.165, 1.54) is 0 Å². The molecule has 23 heavy (non-hydrogen) atoms. The summed E-state index contributed by atoms with van der Waals surface area (Å²) in [5.41, 5.74) is -7.90. The van der Waals surface area contributed by atoms with Gasteiger partial charge in [0.2, 0.25) is 16.3 Å². The van der Waals surface area contributed by atoms with Crippen LogP contribution in [0.2, 0.25) is 0 Å². The molecule has 0 heterocycles. The van der Waals surface area contributed by atoms with Crippen LogP contribution in [0, 0.1) is 0 Å². The van der Waals surface area contributed by atoms with Gasteiger partial charge in [-0.2, -0.15) is 0 Å². The molecule has 0 bridgehead atoms. The molecule has 1 N–H and O–H groups in total. The second kappa shape index (κ2) is 4.47. The molecular formula is C15H4O8. The molecule has 0 saturated heterocycles. The van der Waals surface area contributed by atoms with Gasteiger partial charge in [-0.1, -0.05) is 0 Å². The number of benzene rings is 3. The Hall–Kier alpha value is -3.55. The van der Waals surface area contributed by atoms with E-state index >= 15 is 0 Å². The van der Waals surface area contributed by atoms with Crippen molar-refractivity contribution < 1.29 is 9.90 Å². The number of carbonyl (C=O) groups is 1. The molecule has 3 rings (SSSR count). The standard InChI is InChI=1S/C15H4O8/c16-5-1-2-6(17)9-8(5)13(20)10-7(18)3-4(15(22)23)12(19)11(10)14(9)21/h1-3H,(H,22,23). The topological polar surface area (TPSA) is 140 Å². The molecule has 112 valence electrons. The Labute approximate surface area is 123 Å². The number of carboxylic acids is 1. The number of fused-ring (bicyclic) bond motifs is 2. The maximum Gasteiger partial charge on any atom is 0.339 e. The van der Waals surface area contributed by atoms with Crippen molar-refractivity contribution in [2.24, 2.45) is 0 Å². The fourth-order valence-electron chi connectivity index (χ4n) is 2.51. The Kier molecular flexibility index (Phi) is 2.80. The highest BCUT2D eigenvalue weighted by molar-refractivity contribution is 6.00. The van der Waals surface area contributed by atoms with Crippen molar-refractivity contribution >= 4 is 27.5 Å². The van der Waals surface area contributed by atoms with Gasteiger partial charge in [0, 0.05) is 6.07 Å². The van der Waals surface area contributed by atoms with E-state index in [2.05, 4.69) is 0 Å². The van der Waals surface area contributed by atoms with Gasteiger partial charge in [0.1, 0.15) is 5.56 Å². The molecule has 0 aliphatic heterocycles. The van der Waals surface area contributed by atoms with Crippen LogP contribution in [0.5, 0.6) is 0 Å². The summed E-state index contributed by atoms with van der Waals surface area (Å²) in [6.45, 7) is 0. The molecule has 0 fully saturated rings. The van der Waals surface area contributed by atoms with Gasteiger partial charge in [-0.25, -0.2) is 4.79 Å². The summed E-state index contributed by atoms with van der Waals surface area (Å²) in [5, 5.41) is 5.46. The van der Waals surface area contributed by atoms with Crippen LogP contribution in [0.15, 0.2) is 47.0 Å². The fourth-order valence-corrected chi connectivity index (χ4v) is 2.51. The molecule has 0 amide bonds. The van der Waals surface area contributed by atoms with E-state index in [9.17, 15) is 33.6 Å². The van der Waals surface area contributed by atoms with E-state index in [1.54, 1.807) is 0 Å². The van der Waals surface area contributed by atoms with Crippen LogP contribution >= 0.6 is 0 Å². The van der Waals surface area contributed by atoms with E-state index in [0.29, 0.717) is 6.07 Å². The summed E-state index contributed by atoms with van der Waals surface area (Å²) < 4.78 is 0. The zero-order chi connectivity index (χ0) is 17.0. The van der Waals surface area contributed by atoms with Gasteiger partial charge in [-0.05, 0) is 12.1 Å². The second-order valence-electron chi connectivity index (χ2n) is 4.78. The molecule has 8 nitrogen and oxygen atoms in total. The van der Waals surface area contributed by atoms with Crippen LogP contribution in [0.25, 0.3) is 21.5 Å². The van der Waals surface area contributed by atoms with Crippen molar-refractivity contribution in [3.05, 3.63) is 85.1 Å². The molecule has 0 aromatic heterocycles. The minimum Gasteiger partial charge on any atom is -0.478 e. The van der Waals surface area contributed by atoms with Crippen LogP contribution in [0.3, 0.4) is 0 Å². The lowest BCUT2D eigenvalue weighted by Crippen LogP contribution is -2.33. The van der Waals surface area contributed by atoms with Crippen molar-refractivity contribution in [2.45, 2.75) is 0 Å². The van der Waals surface area contributed by atoms with E-state index < -0.39 is 65.7 Å². The average Bonchev–Trinajstić information content (AvgIpc) is 2.48. The van der Waals surface area contributed by atoms with Gasteiger partial charge in [0.15, 0.2) is 16.3 Å². The maximum absolute atomic E-state index is 12.4. The monoisotopic (exact) mass is 312 g/mol.